The second-order valence-corrected chi connectivity index (χ2v) is 4.84. The van der Waals surface area contributed by atoms with E-state index >= 15 is 0 Å². The largest absolute Gasteiger partial charge is 0.389 e. The molecule has 0 aliphatic heterocycles. The Labute approximate surface area is 115 Å². The van der Waals surface area contributed by atoms with Gasteiger partial charge in [0.2, 0.25) is 0 Å². The van der Waals surface area contributed by atoms with Gasteiger partial charge in [-0.1, -0.05) is 29.8 Å². The molecule has 4 heteroatoms. The topological polar surface area (TPSA) is 41.5 Å². The summed E-state index contributed by atoms with van der Waals surface area (Å²) in [4.78, 5) is 0. The number of rotatable bonds is 7. The zero-order valence-corrected chi connectivity index (χ0v) is 11.6. The Morgan fingerprint density at radius 3 is 2.61 bits per heavy atom. The number of nitrogens with one attached hydrogen (secondary N) is 1. The molecule has 0 heterocycles. The van der Waals surface area contributed by atoms with Gasteiger partial charge in [0, 0.05) is 12.6 Å². The summed E-state index contributed by atoms with van der Waals surface area (Å²) in [6.45, 7) is 3.67. The van der Waals surface area contributed by atoms with Crippen molar-refractivity contribution < 1.29 is 9.84 Å². The molecule has 0 bridgehead atoms. The van der Waals surface area contributed by atoms with Crippen LogP contribution in [0.2, 0.25) is 0 Å². The molecule has 0 saturated heterocycles. The van der Waals surface area contributed by atoms with Crippen molar-refractivity contribution in [2.45, 2.75) is 38.5 Å². The van der Waals surface area contributed by atoms with Crippen LogP contribution in [0.1, 0.15) is 24.0 Å². The monoisotopic (exact) mass is 271 g/mol. The maximum absolute atomic E-state index is 9.66. The van der Waals surface area contributed by atoms with Crippen LogP contribution in [0.5, 0.6) is 0 Å². The molecule has 2 N–H and O–H groups in total. The van der Waals surface area contributed by atoms with E-state index < -0.39 is 6.10 Å². The first kappa shape index (κ1) is 15.4. The normalized spacial score (nSPS) is 16.1. The molecule has 2 rings (SSSR count). The summed E-state index contributed by atoms with van der Waals surface area (Å²) in [5.41, 5.74) is 2.40. The highest BCUT2D eigenvalue weighted by Crippen LogP contribution is 2.18. The van der Waals surface area contributed by atoms with Crippen LogP contribution in [0.15, 0.2) is 24.3 Å². The van der Waals surface area contributed by atoms with Crippen LogP contribution in [-0.2, 0) is 11.3 Å². The quantitative estimate of drug-likeness (QED) is 0.798. The third-order valence-electron chi connectivity index (χ3n) is 2.92. The zero-order valence-electron chi connectivity index (χ0n) is 10.8. The highest BCUT2D eigenvalue weighted by molar-refractivity contribution is 5.85. The molecule has 3 nitrogen and oxygen atoms in total. The molecule has 1 aliphatic rings. The van der Waals surface area contributed by atoms with Crippen molar-refractivity contribution >= 4 is 12.4 Å². The molecule has 1 unspecified atom stereocenters. The number of benzene rings is 1. The van der Waals surface area contributed by atoms with Crippen LogP contribution in [0.3, 0.4) is 0 Å². The Hall–Kier alpha value is -0.610. The molecular formula is C14H22ClNO2. The first-order valence-electron chi connectivity index (χ1n) is 6.29. The Morgan fingerprint density at radius 2 is 2.00 bits per heavy atom. The van der Waals surface area contributed by atoms with Gasteiger partial charge in [-0.15, -0.1) is 12.4 Å². The SMILES string of the molecule is Cc1ccc(COCC(O)CNC2CC2)cc1.Cl. The maximum atomic E-state index is 9.66. The van der Waals surface area contributed by atoms with E-state index in [-0.39, 0.29) is 12.4 Å². The minimum absolute atomic E-state index is 0. The molecule has 102 valence electrons. The van der Waals surface area contributed by atoms with Crippen LogP contribution in [0.4, 0.5) is 0 Å². The Balaban J connectivity index is 0.00000162. The molecule has 1 aromatic carbocycles. The highest BCUT2D eigenvalue weighted by Gasteiger charge is 2.21. The average molecular weight is 272 g/mol. The number of halogens is 1. The van der Waals surface area contributed by atoms with E-state index in [0.717, 1.165) is 5.56 Å². The van der Waals surface area contributed by atoms with E-state index in [1.54, 1.807) is 0 Å². The molecule has 0 radical (unpaired) electrons. The second kappa shape index (κ2) is 7.74. The van der Waals surface area contributed by atoms with Gasteiger partial charge in [0.25, 0.3) is 0 Å². The van der Waals surface area contributed by atoms with Crippen molar-refractivity contribution in [3.05, 3.63) is 35.4 Å². The van der Waals surface area contributed by atoms with Crippen LogP contribution < -0.4 is 5.32 Å². The van der Waals surface area contributed by atoms with E-state index in [1.807, 2.05) is 0 Å². The number of hydrogen-bond donors (Lipinski definition) is 2. The van der Waals surface area contributed by atoms with Gasteiger partial charge in [-0.05, 0) is 25.3 Å². The maximum Gasteiger partial charge on any atom is 0.0897 e. The molecule has 1 saturated carbocycles. The minimum atomic E-state index is -0.402. The van der Waals surface area contributed by atoms with E-state index in [2.05, 4.69) is 36.5 Å². The molecule has 18 heavy (non-hydrogen) atoms. The molecular weight excluding hydrogens is 250 g/mol. The van der Waals surface area contributed by atoms with Crippen molar-refractivity contribution in [3.8, 4) is 0 Å². The number of aliphatic hydroxyl groups excluding tert-OH is 1. The average Bonchev–Trinajstić information content (AvgIpc) is 3.13. The number of aryl methyl sites for hydroxylation is 1. The van der Waals surface area contributed by atoms with Crippen LogP contribution in [0, 0.1) is 6.92 Å². The molecule has 0 aromatic heterocycles. The van der Waals surface area contributed by atoms with Crippen molar-refractivity contribution in [2.24, 2.45) is 0 Å². The Bertz CT molecular complexity index is 338. The molecule has 1 fully saturated rings. The van der Waals surface area contributed by atoms with Gasteiger partial charge < -0.3 is 15.2 Å². The lowest BCUT2D eigenvalue weighted by atomic mass is 10.2. The third kappa shape index (κ3) is 5.83. The zero-order chi connectivity index (χ0) is 12.1. The molecule has 1 atom stereocenters. The van der Waals surface area contributed by atoms with E-state index in [0.29, 0.717) is 25.8 Å². The summed E-state index contributed by atoms with van der Waals surface area (Å²) in [6.07, 6.45) is 2.09. The van der Waals surface area contributed by atoms with E-state index in [9.17, 15) is 5.11 Å². The fourth-order valence-corrected chi connectivity index (χ4v) is 1.65. The van der Waals surface area contributed by atoms with Crippen molar-refractivity contribution in [2.75, 3.05) is 13.2 Å². The molecule has 0 amide bonds. The minimum Gasteiger partial charge on any atom is -0.389 e. The Kier molecular flexibility index (Phi) is 6.65. The standard InChI is InChI=1S/C14H21NO2.ClH/c1-11-2-4-12(5-3-11)9-17-10-14(16)8-15-13-6-7-13;/h2-5,13-16H,6-10H2,1H3;1H. The molecule has 1 aromatic rings. The van der Waals surface area contributed by atoms with Crippen LogP contribution >= 0.6 is 12.4 Å². The van der Waals surface area contributed by atoms with Gasteiger partial charge in [0.05, 0.1) is 19.3 Å². The first-order chi connectivity index (χ1) is 8.24. The van der Waals surface area contributed by atoms with Crippen molar-refractivity contribution in [1.82, 2.24) is 5.32 Å². The van der Waals surface area contributed by atoms with Crippen molar-refractivity contribution in [3.63, 3.8) is 0 Å². The van der Waals surface area contributed by atoms with Crippen LogP contribution in [0.25, 0.3) is 0 Å². The lowest BCUT2D eigenvalue weighted by Crippen LogP contribution is -2.31. The predicted molar refractivity (Wildman–Crippen MR) is 75.1 cm³/mol. The number of aliphatic hydroxyl groups is 1. The smallest absolute Gasteiger partial charge is 0.0897 e. The highest BCUT2D eigenvalue weighted by atomic mass is 35.5. The van der Waals surface area contributed by atoms with Gasteiger partial charge in [-0.2, -0.15) is 0 Å². The summed E-state index contributed by atoms with van der Waals surface area (Å²) in [5, 5.41) is 12.9. The lowest BCUT2D eigenvalue weighted by Gasteiger charge is -2.12. The van der Waals surface area contributed by atoms with Gasteiger partial charge >= 0.3 is 0 Å². The predicted octanol–water partition coefficient (Wildman–Crippen LogP) is 2.05. The Morgan fingerprint density at radius 1 is 1.33 bits per heavy atom. The number of ether oxygens (including phenoxy) is 1. The second-order valence-electron chi connectivity index (χ2n) is 4.84. The summed E-state index contributed by atoms with van der Waals surface area (Å²) < 4.78 is 5.48. The summed E-state index contributed by atoms with van der Waals surface area (Å²) >= 11 is 0. The van der Waals surface area contributed by atoms with E-state index in [1.165, 1.54) is 18.4 Å². The van der Waals surface area contributed by atoms with Crippen molar-refractivity contribution in [1.29, 1.82) is 0 Å². The fraction of sp³-hybridized carbons (Fsp3) is 0.571. The van der Waals surface area contributed by atoms with Crippen LogP contribution in [-0.4, -0.2) is 30.4 Å². The number of hydrogen-bond acceptors (Lipinski definition) is 3. The summed E-state index contributed by atoms with van der Waals surface area (Å²) in [7, 11) is 0. The molecule has 0 spiro atoms. The van der Waals surface area contributed by atoms with E-state index in [4.69, 9.17) is 4.74 Å². The lowest BCUT2D eigenvalue weighted by molar-refractivity contribution is 0.0287. The van der Waals surface area contributed by atoms with Gasteiger partial charge in [0.1, 0.15) is 0 Å². The third-order valence-corrected chi connectivity index (χ3v) is 2.92. The summed E-state index contributed by atoms with van der Waals surface area (Å²) in [5.74, 6) is 0. The van der Waals surface area contributed by atoms with Gasteiger partial charge in [-0.3, -0.25) is 0 Å². The first-order valence-corrected chi connectivity index (χ1v) is 6.29. The molecule has 1 aliphatic carbocycles. The fourth-order valence-electron chi connectivity index (χ4n) is 1.65. The van der Waals surface area contributed by atoms with Gasteiger partial charge in [0.15, 0.2) is 0 Å². The summed E-state index contributed by atoms with van der Waals surface area (Å²) in [6, 6.07) is 8.91. The van der Waals surface area contributed by atoms with Gasteiger partial charge in [-0.25, -0.2) is 0 Å².